The number of nitrogens with two attached hydrogens (primary N) is 1. The van der Waals surface area contributed by atoms with Crippen molar-refractivity contribution in [2.75, 3.05) is 12.3 Å². The zero-order valence-corrected chi connectivity index (χ0v) is 13.3. The summed E-state index contributed by atoms with van der Waals surface area (Å²) >= 11 is 6.21. The van der Waals surface area contributed by atoms with Gasteiger partial charge in [-0.3, -0.25) is 4.79 Å². The van der Waals surface area contributed by atoms with Gasteiger partial charge in [-0.2, -0.15) is 0 Å². The highest BCUT2D eigenvalue weighted by molar-refractivity contribution is 6.32. The average molecular weight is 320 g/mol. The summed E-state index contributed by atoms with van der Waals surface area (Å²) in [5, 5.41) is 0.441. The first kappa shape index (κ1) is 16.2. The molecule has 0 aliphatic heterocycles. The zero-order valence-electron chi connectivity index (χ0n) is 12.6. The maximum Gasteiger partial charge on any atom is 0.310 e. The molecule has 116 valence electrons. The van der Waals surface area contributed by atoms with E-state index in [0.717, 1.165) is 11.1 Å². The lowest BCUT2D eigenvalue weighted by Crippen LogP contribution is -2.07. The van der Waals surface area contributed by atoms with Crippen LogP contribution in [0.3, 0.4) is 0 Å². The van der Waals surface area contributed by atoms with Crippen LogP contribution in [0.5, 0.6) is 11.5 Å². The number of anilines is 1. The largest absolute Gasteiger partial charge is 0.466 e. The van der Waals surface area contributed by atoms with E-state index < -0.39 is 0 Å². The van der Waals surface area contributed by atoms with Gasteiger partial charge in [-0.1, -0.05) is 17.7 Å². The first-order chi connectivity index (χ1) is 10.5. The molecule has 22 heavy (non-hydrogen) atoms. The number of hydrogen-bond acceptors (Lipinski definition) is 4. The monoisotopic (exact) mass is 319 g/mol. The number of aryl methyl sites for hydroxylation is 1. The molecule has 0 spiro atoms. The summed E-state index contributed by atoms with van der Waals surface area (Å²) in [4.78, 5) is 11.5. The van der Waals surface area contributed by atoms with Crippen molar-refractivity contribution < 1.29 is 14.3 Å². The van der Waals surface area contributed by atoms with Crippen molar-refractivity contribution in [3.05, 3.63) is 52.5 Å². The average Bonchev–Trinajstić information content (AvgIpc) is 2.46. The van der Waals surface area contributed by atoms with E-state index in [-0.39, 0.29) is 12.4 Å². The normalized spacial score (nSPS) is 10.3. The number of benzene rings is 2. The van der Waals surface area contributed by atoms with Crippen LogP contribution in [-0.2, 0) is 16.0 Å². The molecule has 0 amide bonds. The van der Waals surface area contributed by atoms with E-state index in [1.807, 2.05) is 13.0 Å². The molecular weight excluding hydrogens is 302 g/mol. The van der Waals surface area contributed by atoms with E-state index in [1.165, 1.54) is 0 Å². The van der Waals surface area contributed by atoms with Crippen LogP contribution < -0.4 is 10.5 Å². The van der Waals surface area contributed by atoms with Gasteiger partial charge in [-0.05, 0) is 55.3 Å². The molecule has 2 rings (SSSR count). The zero-order chi connectivity index (χ0) is 16.1. The third-order valence-corrected chi connectivity index (χ3v) is 3.41. The van der Waals surface area contributed by atoms with Crippen molar-refractivity contribution in [3.8, 4) is 11.5 Å². The summed E-state index contributed by atoms with van der Waals surface area (Å²) in [6.45, 7) is 4.05. The number of carbonyl (C=O) groups excluding carboxylic acids is 1. The third-order valence-electron chi connectivity index (χ3n) is 3.12. The molecule has 2 aromatic rings. The van der Waals surface area contributed by atoms with E-state index in [4.69, 9.17) is 26.8 Å². The van der Waals surface area contributed by atoms with Crippen molar-refractivity contribution >= 4 is 23.3 Å². The fraction of sp³-hybridized carbons (Fsp3) is 0.235. The lowest BCUT2D eigenvalue weighted by atomic mass is 10.1. The highest BCUT2D eigenvalue weighted by atomic mass is 35.5. The van der Waals surface area contributed by atoms with Crippen LogP contribution >= 0.6 is 11.6 Å². The summed E-state index contributed by atoms with van der Waals surface area (Å²) in [6.07, 6.45) is 0.189. The van der Waals surface area contributed by atoms with Crippen LogP contribution in [0.4, 0.5) is 5.69 Å². The van der Waals surface area contributed by atoms with Crippen molar-refractivity contribution in [2.45, 2.75) is 20.3 Å². The summed E-state index contributed by atoms with van der Waals surface area (Å²) < 4.78 is 10.7. The molecule has 0 fully saturated rings. The van der Waals surface area contributed by atoms with E-state index in [9.17, 15) is 4.79 Å². The smallest absolute Gasteiger partial charge is 0.310 e. The van der Waals surface area contributed by atoms with Gasteiger partial charge >= 0.3 is 5.97 Å². The summed E-state index contributed by atoms with van der Waals surface area (Å²) in [5.41, 5.74) is 8.21. The second-order valence-electron chi connectivity index (χ2n) is 4.87. The SMILES string of the molecule is CCOC(=O)Cc1ccc(Oc2ccc(N)c(C)c2)c(Cl)c1. The van der Waals surface area contributed by atoms with Gasteiger partial charge in [-0.15, -0.1) is 0 Å². The molecule has 0 unspecified atom stereocenters. The van der Waals surface area contributed by atoms with Crippen LogP contribution in [0.25, 0.3) is 0 Å². The molecular formula is C17H18ClNO3. The standard InChI is InChI=1S/C17H18ClNO3/c1-3-21-17(20)10-12-4-7-16(14(18)9-12)22-13-5-6-15(19)11(2)8-13/h4-9H,3,10,19H2,1-2H3. The van der Waals surface area contributed by atoms with Crippen LogP contribution in [0.1, 0.15) is 18.1 Å². The van der Waals surface area contributed by atoms with Crippen LogP contribution in [0.2, 0.25) is 5.02 Å². The Morgan fingerprint density at radius 2 is 2.00 bits per heavy atom. The number of carbonyl (C=O) groups is 1. The molecule has 0 radical (unpaired) electrons. The Labute approximate surface area is 134 Å². The maximum absolute atomic E-state index is 11.5. The molecule has 0 atom stereocenters. The summed E-state index contributed by atoms with van der Waals surface area (Å²) in [7, 11) is 0. The third kappa shape index (κ3) is 4.15. The topological polar surface area (TPSA) is 61.5 Å². The second kappa shape index (κ2) is 7.18. The predicted molar refractivity (Wildman–Crippen MR) is 87.5 cm³/mol. The first-order valence-corrected chi connectivity index (χ1v) is 7.35. The quantitative estimate of drug-likeness (QED) is 0.665. The Kier molecular flexibility index (Phi) is 5.28. The predicted octanol–water partition coefficient (Wildman–Crippen LogP) is 4.13. The molecule has 4 nitrogen and oxygen atoms in total. The van der Waals surface area contributed by atoms with Crippen molar-refractivity contribution in [2.24, 2.45) is 0 Å². The van der Waals surface area contributed by atoms with Gasteiger partial charge in [0, 0.05) is 5.69 Å². The molecule has 2 aromatic carbocycles. The molecule has 0 saturated carbocycles. The number of esters is 1. The van der Waals surface area contributed by atoms with E-state index in [1.54, 1.807) is 37.3 Å². The maximum atomic E-state index is 11.5. The Bertz CT molecular complexity index is 686. The van der Waals surface area contributed by atoms with E-state index in [0.29, 0.717) is 28.8 Å². The van der Waals surface area contributed by atoms with Gasteiger partial charge in [0.2, 0.25) is 0 Å². The Hall–Kier alpha value is -2.20. The lowest BCUT2D eigenvalue weighted by molar-refractivity contribution is -0.142. The Balaban J connectivity index is 2.12. The number of hydrogen-bond donors (Lipinski definition) is 1. The highest BCUT2D eigenvalue weighted by Gasteiger charge is 2.09. The van der Waals surface area contributed by atoms with Crippen LogP contribution in [-0.4, -0.2) is 12.6 Å². The number of halogens is 1. The van der Waals surface area contributed by atoms with Gasteiger partial charge in [0.1, 0.15) is 11.5 Å². The highest BCUT2D eigenvalue weighted by Crippen LogP contribution is 2.31. The lowest BCUT2D eigenvalue weighted by Gasteiger charge is -2.10. The minimum atomic E-state index is -0.276. The summed E-state index contributed by atoms with van der Waals surface area (Å²) in [6, 6.07) is 10.7. The summed E-state index contributed by atoms with van der Waals surface area (Å²) in [5.74, 6) is 0.909. The minimum absolute atomic E-state index is 0.189. The van der Waals surface area contributed by atoms with E-state index >= 15 is 0 Å². The molecule has 0 heterocycles. The number of rotatable bonds is 5. The Morgan fingerprint density at radius 3 is 2.64 bits per heavy atom. The second-order valence-corrected chi connectivity index (χ2v) is 5.27. The molecule has 5 heteroatoms. The van der Waals surface area contributed by atoms with Crippen LogP contribution in [0.15, 0.2) is 36.4 Å². The molecule has 0 aliphatic carbocycles. The molecule has 0 aromatic heterocycles. The van der Waals surface area contributed by atoms with Crippen molar-refractivity contribution in [3.63, 3.8) is 0 Å². The van der Waals surface area contributed by atoms with Gasteiger partial charge in [0.15, 0.2) is 0 Å². The molecule has 2 N–H and O–H groups in total. The molecule has 0 bridgehead atoms. The van der Waals surface area contributed by atoms with Crippen LogP contribution in [0, 0.1) is 6.92 Å². The first-order valence-electron chi connectivity index (χ1n) is 6.97. The van der Waals surface area contributed by atoms with Gasteiger partial charge < -0.3 is 15.2 Å². The van der Waals surface area contributed by atoms with Crippen molar-refractivity contribution in [1.29, 1.82) is 0 Å². The molecule has 0 saturated heterocycles. The number of nitrogen functional groups attached to an aromatic ring is 1. The van der Waals surface area contributed by atoms with Gasteiger partial charge in [0.25, 0.3) is 0 Å². The fourth-order valence-electron chi connectivity index (χ4n) is 1.95. The molecule has 0 aliphatic rings. The van der Waals surface area contributed by atoms with Gasteiger partial charge in [0.05, 0.1) is 18.1 Å². The van der Waals surface area contributed by atoms with Gasteiger partial charge in [-0.25, -0.2) is 0 Å². The van der Waals surface area contributed by atoms with E-state index in [2.05, 4.69) is 0 Å². The fourth-order valence-corrected chi connectivity index (χ4v) is 2.20. The number of ether oxygens (including phenoxy) is 2. The Morgan fingerprint density at radius 1 is 1.23 bits per heavy atom. The van der Waals surface area contributed by atoms with Crippen molar-refractivity contribution in [1.82, 2.24) is 0 Å². The minimum Gasteiger partial charge on any atom is -0.466 e.